The molecule has 0 heterocycles. The van der Waals surface area contributed by atoms with Crippen molar-refractivity contribution in [2.45, 2.75) is 20.3 Å². The van der Waals surface area contributed by atoms with Gasteiger partial charge in [-0.2, -0.15) is 0 Å². The third-order valence-electron chi connectivity index (χ3n) is 3.07. The highest BCUT2D eigenvalue weighted by molar-refractivity contribution is 5.75. The highest BCUT2D eigenvalue weighted by Gasteiger charge is 2.05. The van der Waals surface area contributed by atoms with Gasteiger partial charge in [-0.15, -0.1) is 0 Å². The largest absolute Gasteiger partial charge is 0.490 e. The van der Waals surface area contributed by atoms with Gasteiger partial charge < -0.3 is 15.0 Å². The smallest absolute Gasteiger partial charge is 0.223 e. The number of likely N-dealkylation sites (N-methyl/N-ethyl adjacent to an activating group) is 1. The standard InChI is InChI=1S/C15H23FN2O2/c1-3-18(4-2)11-10-17-15(19)9-12-20-14-8-6-5-7-13(14)16/h5-8H,3-4,9-12H2,1-2H3,(H,17,19). The summed E-state index contributed by atoms with van der Waals surface area (Å²) in [6.07, 6.45) is 0.229. The number of nitrogens with zero attached hydrogens (tertiary/aromatic N) is 1. The van der Waals surface area contributed by atoms with E-state index in [-0.39, 0.29) is 24.7 Å². The second-order valence-electron chi connectivity index (χ2n) is 4.41. The van der Waals surface area contributed by atoms with Crippen LogP contribution < -0.4 is 10.1 Å². The van der Waals surface area contributed by atoms with Crippen LogP contribution in [0.15, 0.2) is 24.3 Å². The fourth-order valence-corrected chi connectivity index (χ4v) is 1.80. The topological polar surface area (TPSA) is 41.6 Å². The average molecular weight is 282 g/mol. The van der Waals surface area contributed by atoms with E-state index in [0.29, 0.717) is 6.54 Å². The highest BCUT2D eigenvalue weighted by atomic mass is 19.1. The van der Waals surface area contributed by atoms with Gasteiger partial charge in [-0.1, -0.05) is 26.0 Å². The van der Waals surface area contributed by atoms with E-state index in [9.17, 15) is 9.18 Å². The van der Waals surface area contributed by atoms with Crippen molar-refractivity contribution < 1.29 is 13.9 Å². The van der Waals surface area contributed by atoms with Crippen LogP contribution in [-0.4, -0.2) is 43.6 Å². The zero-order valence-corrected chi connectivity index (χ0v) is 12.2. The van der Waals surface area contributed by atoms with E-state index >= 15 is 0 Å². The van der Waals surface area contributed by atoms with Crippen LogP contribution in [0.2, 0.25) is 0 Å². The number of nitrogens with one attached hydrogen (secondary N) is 1. The van der Waals surface area contributed by atoms with Gasteiger partial charge >= 0.3 is 0 Å². The van der Waals surface area contributed by atoms with E-state index in [4.69, 9.17) is 4.74 Å². The van der Waals surface area contributed by atoms with Crippen LogP contribution in [0.1, 0.15) is 20.3 Å². The number of hydrogen-bond donors (Lipinski definition) is 1. The van der Waals surface area contributed by atoms with Crippen LogP contribution in [0.25, 0.3) is 0 Å². The van der Waals surface area contributed by atoms with Crippen molar-refractivity contribution >= 4 is 5.91 Å². The summed E-state index contributed by atoms with van der Waals surface area (Å²) in [5.74, 6) is -0.300. The molecule has 0 bridgehead atoms. The zero-order valence-electron chi connectivity index (χ0n) is 12.2. The Hall–Kier alpha value is -1.62. The van der Waals surface area contributed by atoms with Gasteiger partial charge in [0.2, 0.25) is 5.91 Å². The molecular weight excluding hydrogens is 259 g/mol. The lowest BCUT2D eigenvalue weighted by Gasteiger charge is -2.17. The van der Waals surface area contributed by atoms with Crippen molar-refractivity contribution in [1.82, 2.24) is 10.2 Å². The minimum atomic E-state index is -0.408. The van der Waals surface area contributed by atoms with E-state index < -0.39 is 5.82 Å². The van der Waals surface area contributed by atoms with Gasteiger partial charge in [0, 0.05) is 13.1 Å². The van der Waals surface area contributed by atoms with Crippen molar-refractivity contribution in [2.75, 3.05) is 32.8 Å². The Morgan fingerprint density at radius 2 is 2.00 bits per heavy atom. The average Bonchev–Trinajstić information content (AvgIpc) is 2.46. The Kier molecular flexibility index (Phi) is 7.65. The van der Waals surface area contributed by atoms with Gasteiger partial charge in [-0.25, -0.2) is 4.39 Å². The Labute approximate surface area is 119 Å². The molecule has 0 atom stereocenters. The number of rotatable bonds is 9. The summed E-state index contributed by atoms with van der Waals surface area (Å²) in [5.41, 5.74) is 0. The highest BCUT2D eigenvalue weighted by Crippen LogP contribution is 2.15. The summed E-state index contributed by atoms with van der Waals surface area (Å²) < 4.78 is 18.5. The normalized spacial score (nSPS) is 10.6. The lowest BCUT2D eigenvalue weighted by atomic mass is 10.3. The molecular formula is C15H23FN2O2. The molecule has 4 nitrogen and oxygen atoms in total. The molecule has 5 heteroatoms. The van der Waals surface area contributed by atoms with Crippen LogP contribution >= 0.6 is 0 Å². The first-order chi connectivity index (χ1) is 9.67. The van der Waals surface area contributed by atoms with Gasteiger partial charge in [0.1, 0.15) is 0 Å². The number of carbonyl (C=O) groups is 1. The van der Waals surface area contributed by atoms with Crippen molar-refractivity contribution in [1.29, 1.82) is 0 Å². The van der Waals surface area contributed by atoms with E-state index in [1.165, 1.54) is 6.07 Å². The number of para-hydroxylation sites is 1. The minimum absolute atomic E-state index is 0.0755. The fraction of sp³-hybridized carbons (Fsp3) is 0.533. The number of amides is 1. The van der Waals surface area contributed by atoms with Gasteiger partial charge in [0.15, 0.2) is 11.6 Å². The number of hydrogen-bond acceptors (Lipinski definition) is 3. The van der Waals surface area contributed by atoms with Gasteiger partial charge in [0.05, 0.1) is 13.0 Å². The molecule has 0 fully saturated rings. The maximum absolute atomic E-state index is 13.3. The van der Waals surface area contributed by atoms with Crippen molar-refractivity contribution in [3.63, 3.8) is 0 Å². The predicted octanol–water partition coefficient (Wildman–Crippen LogP) is 2.05. The second kappa shape index (κ2) is 9.31. The molecule has 20 heavy (non-hydrogen) atoms. The minimum Gasteiger partial charge on any atom is -0.490 e. The van der Waals surface area contributed by atoms with Crippen LogP contribution in [-0.2, 0) is 4.79 Å². The number of halogens is 1. The lowest BCUT2D eigenvalue weighted by molar-refractivity contribution is -0.121. The molecule has 1 N–H and O–H groups in total. The second-order valence-corrected chi connectivity index (χ2v) is 4.41. The van der Waals surface area contributed by atoms with E-state index in [1.807, 2.05) is 0 Å². The molecule has 0 saturated heterocycles. The third-order valence-corrected chi connectivity index (χ3v) is 3.07. The fourth-order valence-electron chi connectivity index (χ4n) is 1.80. The quantitative estimate of drug-likeness (QED) is 0.754. The van der Waals surface area contributed by atoms with Crippen LogP contribution in [0.5, 0.6) is 5.75 Å². The zero-order chi connectivity index (χ0) is 14.8. The summed E-state index contributed by atoms with van der Waals surface area (Å²) in [6, 6.07) is 6.18. The molecule has 0 aliphatic rings. The molecule has 0 unspecified atom stereocenters. The molecule has 1 rings (SSSR count). The Morgan fingerprint density at radius 3 is 2.65 bits per heavy atom. The molecule has 0 aliphatic carbocycles. The summed E-state index contributed by atoms with van der Waals surface area (Å²) in [6.45, 7) is 7.78. The summed E-state index contributed by atoms with van der Waals surface area (Å²) >= 11 is 0. The first kappa shape index (κ1) is 16.4. The van der Waals surface area contributed by atoms with Gasteiger partial charge in [-0.05, 0) is 25.2 Å². The monoisotopic (exact) mass is 282 g/mol. The Morgan fingerprint density at radius 1 is 1.30 bits per heavy atom. The lowest BCUT2D eigenvalue weighted by Crippen LogP contribution is -2.35. The summed E-state index contributed by atoms with van der Waals surface area (Å²) in [5, 5.41) is 2.83. The van der Waals surface area contributed by atoms with Crippen LogP contribution in [0, 0.1) is 5.82 Å². The van der Waals surface area contributed by atoms with E-state index in [2.05, 4.69) is 24.1 Å². The molecule has 0 saturated carbocycles. The van der Waals surface area contributed by atoms with Crippen molar-refractivity contribution in [3.05, 3.63) is 30.1 Å². The molecule has 0 radical (unpaired) electrons. The molecule has 1 amide bonds. The predicted molar refractivity (Wildman–Crippen MR) is 77.3 cm³/mol. The van der Waals surface area contributed by atoms with E-state index in [1.54, 1.807) is 18.2 Å². The first-order valence-corrected chi connectivity index (χ1v) is 7.03. The maximum atomic E-state index is 13.3. The maximum Gasteiger partial charge on any atom is 0.223 e. The first-order valence-electron chi connectivity index (χ1n) is 7.03. The third kappa shape index (κ3) is 6.02. The Balaban J connectivity index is 2.16. The van der Waals surface area contributed by atoms with Crippen LogP contribution in [0.3, 0.4) is 0 Å². The molecule has 1 aromatic rings. The Bertz CT molecular complexity index is 409. The molecule has 0 spiro atoms. The van der Waals surface area contributed by atoms with Crippen molar-refractivity contribution in [2.24, 2.45) is 0 Å². The van der Waals surface area contributed by atoms with Gasteiger partial charge in [0.25, 0.3) is 0 Å². The summed E-state index contributed by atoms with van der Waals surface area (Å²) in [4.78, 5) is 13.8. The van der Waals surface area contributed by atoms with Crippen LogP contribution in [0.4, 0.5) is 4.39 Å². The SMILES string of the molecule is CCN(CC)CCNC(=O)CCOc1ccccc1F. The molecule has 0 aliphatic heterocycles. The molecule has 112 valence electrons. The molecule has 1 aromatic carbocycles. The summed E-state index contributed by atoms with van der Waals surface area (Å²) in [7, 11) is 0. The number of benzene rings is 1. The number of ether oxygens (including phenoxy) is 1. The molecule has 0 aromatic heterocycles. The van der Waals surface area contributed by atoms with Gasteiger partial charge in [-0.3, -0.25) is 4.79 Å². The number of carbonyl (C=O) groups excluding carboxylic acids is 1. The van der Waals surface area contributed by atoms with Crippen molar-refractivity contribution in [3.8, 4) is 5.75 Å². The van der Waals surface area contributed by atoms with E-state index in [0.717, 1.165) is 19.6 Å².